The van der Waals surface area contributed by atoms with Crippen LogP contribution in [0.5, 0.6) is 0 Å². The molecule has 1 N–H and O–H groups in total. The van der Waals surface area contributed by atoms with Gasteiger partial charge in [0.2, 0.25) is 17.7 Å². The van der Waals surface area contributed by atoms with Gasteiger partial charge in [0, 0.05) is 6.07 Å². The maximum atomic E-state index is 12.9. The van der Waals surface area contributed by atoms with Gasteiger partial charge in [0.25, 0.3) is 5.69 Å². The highest BCUT2D eigenvalue weighted by Gasteiger charge is 2.59. The number of anilines is 2. The number of nitrogens with one attached hydrogen (secondary N) is 1. The van der Waals surface area contributed by atoms with Crippen LogP contribution in [0.2, 0.25) is 0 Å². The molecule has 0 radical (unpaired) electrons. The molecule has 0 spiro atoms. The van der Waals surface area contributed by atoms with Crippen LogP contribution in [0.25, 0.3) is 0 Å². The number of allylic oxidation sites excluding steroid dienone is 2. The van der Waals surface area contributed by atoms with E-state index in [1.807, 2.05) is 0 Å². The average molecular weight is 417 g/mol. The minimum atomic E-state index is -0.550. The number of nitro benzene ring substituents is 1. The van der Waals surface area contributed by atoms with Crippen molar-refractivity contribution in [2.75, 3.05) is 10.2 Å². The second-order valence-corrected chi connectivity index (χ2v) is 8.18. The molecule has 2 aromatic rings. The van der Waals surface area contributed by atoms with Crippen molar-refractivity contribution >= 4 is 34.8 Å². The Morgan fingerprint density at radius 2 is 1.61 bits per heavy atom. The molecule has 4 unspecified atom stereocenters. The van der Waals surface area contributed by atoms with Gasteiger partial charge in [-0.15, -0.1) is 0 Å². The molecular formula is C23H19N3O5. The number of hydrogen-bond acceptors (Lipinski definition) is 5. The fourth-order valence-corrected chi connectivity index (χ4v) is 5.04. The van der Waals surface area contributed by atoms with Gasteiger partial charge in [0.05, 0.1) is 28.9 Å². The molecule has 2 fully saturated rings. The summed E-state index contributed by atoms with van der Waals surface area (Å²) in [6.45, 7) is 0. The highest BCUT2D eigenvalue weighted by atomic mass is 16.6. The molecule has 3 aliphatic rings. The number of nitro groups is 1. The molecule has 5 rings (SSSR count). The van der Waals surface area contributed by atoms with Crippen molar-refractivity contribution in [2.24, 2.45) is 23.7 Å². The fourth-order valence-electron chi connectivity index (χ4n) is 5.04. The molecule has 2 aliphatic carbocycles. The van der Waals surface area contributed by atoms with E-state index < -0.39 is 10.8 Å². The number of para-hydroxylation sites is 2. The highest BCUT2D eigenvalue weighted by Crippen LogP contribution is 2.53. The number of rotatable bonds is 5. The molecule has 4 atom stereocenters. The van der Waals surface area contributed by atoms with Crippen LogP contribution in [0.4, 0.5) is 17.1 Å². The smallest absolute Gasteiger partial charge is 0.292 e. The topological polar surface area (TPSA) is 110 Å². The van der Waals surface area contributed by atoms with Crippen LogP contribution in [0.1, 0.15) is 12.0 Å². The first-order valence-corrected chi connectivity index (χ1v) is 10.1. The summed E-state index contributed by atoms with van der Waals surface area (Å²) in [7, 11) is 0. The normalized spacial score (nSPS) is 25.7. The zero-order valence-corrected chi connectivity index (χ0v) is 16.4. The van der Waals surface area contributed by atoms with E-state index in [0.717, 1.165) is 6.42 Å². The third kappa shape index (κ3) is 3.11. The molecule has 1 heterocycles. The standard InChI is InChI=1S/C23H19N3O5/c27-19(24-17-3-1-2-4-18(17)26(30)31)11-13-5-9-16(10-6-13)25-22(28)20-14-7-8-15(12-14)21(20)23(25)29/h1-10,14-15,20-21H,11-12H2,(H,24,27). The van der Waals surface area contributed by atoms with Crippen LogP contribution in [-0.2, 0) is 20.8 Å². The molecule has 1 saturated carbocycles. The van der Waals surface area contributed by atoms with E-state index >= 15 is 0 Å². The molecule has 8 heteroatoms. The maximum absolute atomic E-state index is 12.9. The summed E-state index contributed by atoms with van der Waals surface area (Å²) in [5, 5.41) is 13.6. The number of hydrogen-bond donors (Lipinski definition) is 1. The van der Waals surface area contributed by atoms with Crippen molar-refractivity contribution in [1.29, 1.82) is 0 Å². The Morgan fingerprint density at radius 3 is 2.23 bits per heavy atom. The molecule has 31 heavy (non-hydrogen) atoms. The SMILES string of the molecule is O=C(Cc1ccc(N2C(=O)C3C4C=CC(C4)C3C2=O)cc1)Nc1ccccc1[N+](=O)[O-]. The molecule has 1 saturated heterocycles. The lowest BCUT2D eigenvalue weighted by Crippen LogP contribution is -2.32. The molecule has 2 aromatic carbocycles. The van der Waals surface area contributed by atoms with Gasteiger partial charge in [-0.1, -0.05) is 36.4 Å². The Balaban J connectivity index is 1.28. The molecule has 3 amide bonds. The number of carbonyl (C=O) groups is 3. The van der Waals surface area contributed by atoms with E-state index in [4.69, 9.17) is 0 Å². The summed E-state index contributed by atoms with van der Waals surface area (Å²) < 4.78 is 0. The van der Waals surface area contributed by atoms with Crippen LogP contribution in [0, 0.1) is 33.8 Å². The van der Waals surface area contributed by atoms with Gasteiger partial charge in [-0.3, -0.25) is 29.4 Å². The number of benzene rings is 2. The van der Waals surface area contributed by atoms with Crippen molar-refractivity contribution < 1.29 is 19.3 Å². The van der Waals surface area contributed by atoms with E-state index in [0.29, 0.717) is 11.3 Å². The largest absolute Gasteiger partial charge is 0.320 e. The van der Waals surface area contributed by atoms with Crippen LogP contribution in [0.3, 0.4) is 0 Å². The fraction of sp³-hybridized carbons (Fsp3) is 0.261. The predicted molar refractivity (Wildman–Crippen MR) is 112 cm³/mol. The van der Waals surface area contributed by atoms with Gasteiger partial charge in [-0.25, -0.2) is 0 Å². The van der Waals surface area contributed by atoms with Crippen LogP contribution in [-0.4, -0.2) is 22.6 Å². The molecule has 156 valence electrons. The van der Waals surface area contributed by atoms with E-state index in [2.05, 4.69) is 17.5 Å². The first-order chi connectivity index (χ1) is 14.9. The highest BCUT2D eigenvalue weighted by molar-refractivity contribution is 6.22. The van der Waals surface area contributed by atoms with Crippen molar-refractivity contribution in [1.82, 2.24) is 0 Å². The Hall–Kier alpha value is -3.81. The van der Waals surface area contributed by atoms with E-state index in [-0.39, 0.29) is 53.3 Å². The zero-order chi connectivity index (χ0) is 21.7. The van der Waals surface area contributed by atoms with Crippen LogP contribution >= 0.6 is 0 Å². The minimum absolute atomic E-state index is 0.00748. The van der Waals surface area contributed by atoms with E-state index in [1.54, 1.807) is 30.3 Å². The van der Waals surface area contributed by atoms with Crippen molar-refractivity contribution in [3.8, 4) is 0 Å². The lowest BCUT2D eigenvalue weighted by atomic mass is 9.85. The Bertz CT molecular complexity index is 1110. The van der Waals surface area contributed by atoms with Gasteiger partial charge >= 0.3 is 0 Å². The molecule has 8 nitrogen and oxygen atoms in total. The van der Waals surface area contributed by atoms with Gasteiger partial charge in [0.1, 0.15) is 5.69 Å². The molecular weight excluding hydrogens is 398 g/mol. The Labute approximate surface area is 177 Å². The first-order valence-electron chi connectivity index (χ1n) is 10.1. The lowest BCUT2D eigenvalue weighted by Gasteiger charge is -2.17. The third-order valence-corrected chi connectivity index (χ3v) is 6.40. The van der Waals surface area contributed by atoms with E-state index in [1.165, 1.54) is 23.1 Å². The number of carbonyl (C=O) groups excluding carboxylic acids is 3. The van der Waals surface area contributed by atoms with Gasteiger partial charge in [0.15, 0.2) is 0 Å². The van der Waals surface area contributed by atoms with Gasteiger partial charge in [-0.2, -0.15) is 0 Å². The van der Waals surface area contributed by atoms with Gasteiger partial charge < -0.3 is 5.32 Å². The van der Waals surface area contributed by atoms with Crippen LogP contribution < -0.4 is 10.2 Å². The summed E-state index contributed by atoms with van der Waals surface area (Å²) in [6, 6.07) is 12.7. The van der Waals surface area contributed by atoms with Crippen molar-refractivity contribution in [3.63, 3.8) is 0 Å². The quantitative estimate of drug-likeness (QED) is 0.348. The van der Waals surface area contributed by atoms with E-state index in [9.17, 15) is 24.5 Å². The third-order valence-electron chi connectivity index (χ3n) is 6.40. The Kier molecular flexibility index (Phi) is 4.43. The van der Waals surface area contributed by atoms with Crippen molar-refractivity contribution in [2.45, 2.75) is 12.8 Å². The number of fused-ring (bicyclic) bond motifs is 5. The summed E-state index contributed by atoms with van der Waals surface area (Å²) in [5.41, 5.74) is 1.14. The Morgan fingerprint density at radius 1 is 1.00 bits per heavy atom. The summed E-state index contributed by atoms with van der Waals surface area (Å²) >= 11 is 0. The molecule has 1 aliphatic heterocycles. The second kappa shape index (κ2) is 7.16. The monoisotopic (exact) mass is 417 g/mol. The summed E-state index contributed by atoms with van der Waals surface area (Å²) in [6.07, 6.45) is 5.00. The first kappa shape index (κ1) is 19.2. The predicted octanol–water partition coefficient (Wildman–Crippen LogP) is 3.09. The maximum Gasteiger partial charge on any atom is 0.292 e. The lowest BCUT2D eigenvalue weighted by molar-refractivity contribution is -0.383. The number of nitrogens with zero attached hydrogens (tertiary/aromatic N) is 2. The van der Waals surface area contributed by atoms with Gasteiger partial charge in [-0.05, 0) is 42.0 Å². The second-order valence-electron chi connectivity index (χ2n) is 8.18. The summed E-state index contributed by atoms with van der Waals surface area (Å²) in [4.78, 5) is 50.0. The average Bonchev–Trinajstić information content (AvgIpc) is 3.43. The van der Waals surface area contributed by atoms with Crippen LogP contribution in [0.15, 0.2) is 60.7 Å². The zero-order valence-electron chi connectivity index (χ0n) is 16.4. The molecule has 2 bridgehead atoms. The number of imide groups is 1. The van der Waals surface area contributed by atoms with Crippen molar-refractivity contribution in [3.05, 3.63) is 76.4 Å². The molecule has 0 aromatic heterocycles. The number of amides is 3. The minimum Gasteiger partial charge on any atom is -0.320 e. The summed E-state index contributed by atoms with van der Waals surface area (Å²) in [5.74, 6) is -0.887.